The Morgan fingerprint density at radius 1 is 1.02 bits per heavy atom. The van der Waals surface area contributed by atoms with Crippen LogP contribution in [0.5, 0.6) is 11.5 Å². The molecule has 48 heavy (non-hydrogen) atoms. The quantitative estimate of drug-likeness (QED) is 0.161. The van der Waals surface area contributed by atoms with Gasteiger partial charge in [0.05, 0.1) is 36.1 Å². The van der Waals surface area contributed by atoms with Crippen LogP contribution in [0.1, 0.15) is 40.8 Å². The second kappa shape index (κ2) is 14.6. The first-order chi connectivity index (χ1) is 23.0. The molecular formula is C37H30ClI2N3O4S. The van der Waals surface area contributed by atoms with Gasteiger partial charge in [0, 0.05) is 16.3 Å². The minimum absolute atomic E-state index is 0.229. The van der Waals surface area contributed by atoms with Crippen molar-refractivity contribution < 1.29 is 14.3 Å². The molecule has 0 aliphatic carbocycles. The fourth-order valence-corrected chi connectivity index (χ4v) is 8.94. The number of methoxy groups -OCH3 is 1. The molecule has 1 aliphatic rings. The molecule has 0 fully saturated rings. The minimum Gasteiger partial charge on any atom is -0.497 e. The Labute approximate surface area is 314 Å². The number of carbonyl (C=O) groups is 1. The normalized spacial score (nSPS) is 14.4. The van der Waals surface area contributed by atoms with Gasteiger partial charge < -0.3 is 14.8 Å². The SMILES string of the molecule is COc1ccc([C@@H]2C(C(=O)Nc3ccc(C)cc3C)=C(C)N=c3s/c(=C/c4cc(I)c(OCc5ccccc5Cl)c(I)c4)c(=O)n32)cc1. The number of hydrogen-bond donors (Lipinski definition) is 1. The number of thiazole rings is 1. The van der Waals surface area contributed by atoms with Crippen LogP contribution >= 0.6 is 68.1 Å². The van der Waals surface area contributed by atoms with Crippen LogP contribution in [0.3, 0.4) is 0 Å². The van der Waals surface area contributed by atoms with E-state index in [4.69, 9.17) is 26.1 Å². The molecule has 1 N–H and O–H groups in total. The van der Waals surface area contributed by atoms with Gasteiger partial charge in [-0.3, -0.25) is 14.2 Å². The van der Waals surface area contributed by atoms with Crippen LogP contribution in [-0.2, 0) is 11.4 Å². The van der Waals surface area contributed by atoms with Gasteiger partial charge in [0.2, 0.25) is 0 Å². The van der Waals surface area contributed by atoms with Crippen molar-refractivity contribution in [2.24, 2.45) is 4.99 Å². The summed E-state index contributed by atoms with van der Waals surface area (Å²) in [6.45, 7) is 6.13. The van der Waals surface area contributed by atoms with Crippen LogP contribution in [-0.4, -0.2) is 17.6 Å². The second-order valence-corrected chi connectivity index (χ2v) is 15.1. The summed E-state index contributed by atoms with van der Waals surface area (Å²) >= 11 is 12.1. The number of hydrogen-bond acceptors (Lipinski definition) is 6. The number of halogens is 3. The van der Waals surface area contributed by atoms with E-state index in [-0.39, 0.29) is 11.5 Å². The Kier molecular flexibility index (Phi) is 10.4. The van der Waals surface area contributed by atoms with Gasteiger partial charge in [-0.15, -0.1) is 0 Å². The third kappa shape index (κ3) is 7.12. The highest BCUT2D eigenvalue weighted by molar-refractivity contribution is 14.1. The molecule has 1 atom stereocenters. The summed E-state index contributed by atoms with van der Waals surface area (Å²) in [5, 5.41) is 3.73. The Morgan fingerprint density at radius 2 is 1.73 bits per heavy atom. The molecule has 1 aliphatic heterocycles. The van der Waals surface area contributed by atoms with Crippen molar-refractivity contribution >= 4 is 85.8 Å². The van der Waals surface area contributed by atoms with E-state index in [1.165, 1.54) is 11.3 Å². The molecule has 5 aromatic rings. The van der Waals surface area contributed by atoms with Crippen molar-refractivity contribution in [3.8, 4) is 11.5 Å². The maximum Gasteiger partial charge on any atom is 0.271 e. The Bertz CT molecular complexity index is 2260. The molecule has 4 aromatic carbocycles. The van der Waals surface area contributed by atoms with E-state index < -0.39 is 6.04 Å². The van der Waals surface area contributed by atoms with Crippen molar-refractivity contribution in [3.63, 3.8) is 0 Å². The molecular weight excluding hydrogens is 872 g/mol. The molecule has 7 nitrogen and oxygen atoms in total. The molecule has 1 amide bonds. The predicted molar refractivity (Wildman–Crippen MR) is 209 cm³/mol. The summed E-state index contributed by atoms with van der Waals surface area (Å²) in [6.07, 6.45) is 1.87. The average molecular weight is 902 g/mol. The number of aromatic nitrogens is 1. The largest absolute Gasteiger partial charge is 0.497 e. The topological polar surface area (TPSA) is 81.9 Å². The zero-order chi connectivity index (χ0) is 34.1. The first kappa shape index (κ1) is 34.4. The number of carbonyl (C=O) groups excluding carboxylic acids is 1. The smallest absolute Gasteiger partial charge is 0.271 e. The fourth-order valence-electron chi connectivity index (χ4n) is 5.57. The number of anilines is 1. The third-order valence-electron chi connectivity index (χ3n) is 7.98. The van der Waals surface area contributed by atoms with Gasteiger partial charge in [-0.2, -0.15) is 0 Å². The van der Waals surface area contributed by atoms with Gasteiger partial charge in [0.15, 0.2) is 4.80 Å². The number of ether oxygens (including phenoxy) is 2. The molecule has 11 heteroatoms. The van der Waals surface area contributed by atoms with Crippen molar-refractivity contribution in [1.82, 2.24) is 4.57 Å². The van der Waals surface area contributed by atoms with E-state index in [2.05, 4.69) is 50.5 Å². The lowest BCUT2D eigenvalue weighted by atomic mass is 9.95. The highest BCUT2D eigenvalue weighted by Crippen LogP contribution is 2.33. The lowest BCUT2D eigenvalue weighted by molar-refractivity contribution is -0.113. The van der Waals surface area contributed by atoms with Crippen LogP contribution in [0.4, 0.5) is 5.69 Å². The van der Waals surface area contributed by atoms with Crippen molar-refractivity contribution in [2.45, 2.75) is 33.4 Å². The Morgan fingerprint density at radius 3 is 2.40 bits per heavy atom. The lowest BCUT2D eigenvalue weighted by Crippen LogP contribution is -2.40. The number of allylic oxidation sites excluding steroid dienone is 1. The van der Waals surface area contributed by atoms with E-state index in [0.29, 0.717) is 43.7 Å². The molecule has 6 rings (SSSR count). The molecule has 1 aromatic heterocycles. The Balaban J connectivity index is 1.40. The van der Waals surface area contributed by atoms with E-state index >= 15 is 0 Å². The first-order valence-corrected chi connectivity index (χ1v) is 18.3. The van der Waals surface area contributed by atoms with Crippen molar-refractivity contribution in [1.29, 1.82) is 0 Å². The van der Waals surface area contributed by atoms with Crippen LogP contribution in [0.15, 0.2) is 99.9 Å². The highest BCUT2D eigenvalue weighted by Gasteiger charge is 2.32. The van der Waals surface area contributed by atoms with E-state index in [1.807, 2.05) is 106 Å². The number of fused-ring (bicyclic) bond motifs is 1. The molecule has 0 saturated heterocycles. The third-order valence-corrected chi connectivity index (χ3v) is 10.9. The van der Waals surface area contributed by atoms with Crippen LogP contribution in [0, 0.1) is 21.0 Å². The molecule has 0 radical (unpaired) electrons. The molecule has 0 unspecified atom stereocenters. The lowest BCUT2D eigenvalue weighted by Gasteiger charge is -2.25. The summed E-state index contributed by atoms with van der Waals surface area (Å²) < 4.78 is 15.5. The fraction of sp³-hybridized carbons (Fsp3) is 0.162. The number of aryl methyl sites for hydroxylation is 2. The van der Waals surface area contributed by atoms with Gasteiger partial charge in [-0.05, 0) is 125 Å². The maximum absolute atomic E-state index is 14.2. The molecule has 0 spiro atoms. The molecule has 0 bridgehead atoms. The van der Waals surface area contributed by atoms with Gasteiger partial charge in [0.1, 0.15) is 18.1 Å². The summed E-state index contributed by atoms with van der Waals surface area (Å²) in [5.74, 6) is 1.12. The number of nitrogens with zero attached hydrogens (tertiary/aromatic N) is 2. The number of benzene rings is 4. The number of rotatable bonds is 8. The van der Waals surface area contributed by atoms with Crippen LogP contribution in [0.25, 0.3) is 6.08 Å². The zero-order valence-electron chi connectivity index (χ0n) is 26.4. The minimum atomic E-state index is -0.694. The van der Waals surface area contributed by atoms with Crippen molar-refractivity contribution in [3.05, 3.63) is 150 Å². The van der Waals surface area contributed by atoms with Gasteiger partial charge in [0.25, 0.3) is 11.5 Å². The van der Waals surface area contributed by atoms with E-state index in [0.717, 1.165) is 40.7 Å². The average Bonchev–Trinajstić information content (AvgIpc) is 3.35. The summed E-state index contributed by atoms with van der Waals surface area (Å²) in [4.78, 5) is 33.6. The monoisotopic (exact) mass is 901 g/mol. The molecule has 244 valence electrons. The summed E-state index contributed by atoms with van der Waals surface area (Å²) in [6, 6.07) is 24.2. The predicted octanol–water partition coefficient (Wildman–Crippen LogP) is 7.94. The molecule has 2 heterocycles. The standard InChI is InChI=1S/C37H30ClI2N3O4S/c1-20-9-14-30(21(2)15-20)42-35(44)32-22(3)41-37-43(33(32)24-10-12-26(46-4)13-11-24)36(45)31(48-37)18-23-16-28(39)34(29(40)17-23)47-19-25-7-5-6-8-27(25)38/h5-18,33H,19H2,1-4H3,(H,42,44)/b31-18+/t33-/m1/s1. The van der Waals surface area contributed by atoms with Gasteiger partial charge in [-0.1, -0.05) is 71.0 Å². The zero-order valence-corrected chi connectivity index (χ0v) is 32.3. The van der Waals surface area contributed by atoms with Crippen molar-refractivity contribution in [2.75, 3.05) is 12.4 Å². The van der Waals surface area contributed by atoms with Crippen LogP contribution < -0.4 is 29.7 Å². The second-order valence-electron chi connectivity index (χ2n) is 11.3. The summed E-state index contributed by atoms with van der Waals surface area (Å²) in [7, 11) is 1.60. The van der Waals surface area contributed by atoms with Gasteiger partial charge >= 0.3 is 0 Å². The van der Waals surface area contributed by atoms with Gasteiger partial charge in [-0.25, -0.2) is 4.99 Å². The molecule has 0 saturated carbocycles. The van der Waals surface area contributed by atoms with E-state index in [1.54, 1.807) is 11.7 Å². The first-order valence-electron chi connectivity index (χ1n) is 14.9. The maximum atomic E-state index is 14.2. The van der Waals surface area contributed by atoms with Crippen LogP contribution in [0.2, 0.25) is 5.02 Å². The van der Waals surface area contributed by atoms with E-state index in [9.17, 15) is 9.59 Å². The summed E-state index contributed by atoms with van der Waals surface area (Å²) in [5.41, 5.74) is 6.01. The number of amides is 1. The number of nitrogens with one attached hydrogen (secondary N) is 1. The highest BCUT2D eigenvalue weighted by atomic mass is 127. The Hall–Kier alpha value is -3.46.